The summed E-state index contributed by atoms with van der Waals surface area (Å²) in [7, 11) is -1.45. The van der Waals surface area contributed by atoms with Gasteiger partial charge in [-0.25, -0.2) is 22.9 Å². The molecule has 0 radical (unpaired) electrons. The van der Waals surface area contributed by atoms with Crippen LogP contribution in [-0.2, 0) is 14.8 Å². The van der Waals surface area contributed by atoms with Gasteiger partial charge >= 0.3 is 5.97 Å². The number of aromatic nitrogens is 3. The van der Waals surface area contributed by atoms with Gasteiger partial charge in [-0.2, -0.15) is 5.10 Å². The molecule has 1 aromatic carbocycles. The standard InChI is InChI=1S/C19H18N4O6S/c1-28-15-10-13(4-7-18(24)25)11-16(19(15)29-2)30(26,27)22-14-5-6-17(20-12-14)23-9-3-8-21-23/h3-12,22H,1-2H3,(H,24,25). The number of rotatable bonds is 8. The molecule has 0 aliphatic carbocycles. The molecule has 2 N–H and O–H groups in total. The van der Waals surface area contributed by atoms with E-state index in [-0.39, 0.29) is 22.1 Å². The van der Waals surface area contributed by atoms with Crippen LogP contribution in [0, 0.1) is 0 Å². The first-order chi connectivity index (χ1) is 14.3. The van der Waals surface area contributed by atoms with E-state index in [2.05, 4.69) is 14.8 Å². The van der Waals surface area contributed by atoms with E-state index in [1.165, 1.54) is 43.3 Å². The number of hydrogen-bond donors (Lipinski definition) is 2. The van der Waals surface area contributed by atoms with Gasteiger partial charge in [-0.05, 0) is 42.0 Å². The zero-order valence-electron chi connectivity index (χ0n) is 16.0. The molecule has 0 unspecified atom stereocenters. The maximum atomic E-state index is 13.0. The fourth-order valence-corrected chi connectivity index (χ4v) is 3.87. The maximum Gasteiger partial charge on any atom is 0.328 e. The fraction of sp³-hybridized carbons (Fsp3) is 0.105. The van der Waals surface area contributed by atoms with Crippen molar-refractivity contribution in [2.75, 3.05) is 18.9 Å². The summed E-state index contributed by atoms with van der Waals surface area (Å²) in [5.74, 6) is -0.533. The molecule has 0 spiro atoms. The number of hydrogen-bond acceptors (Lipinski definition) is 7. The van der Waals surface area contributed by atoms with E-state index in [1.54, 1.807) is 30.6 Å². The normalized spacial score (nSPS) is 11.4. The third-order valence-electron chi connectivity index (χ3n) is 3.91. The first kappa shape index (κ1) is 20.9. The molecule has 3 aromatic rings. The molecule has 0 bridgehead atoms. The number of ether oxygens (including phenoxy) is 2. The summed E-state index contributed by atoms with van der Waals surface area (Å²) in [6.07, 6.45) is 6.81. The van der Waals surface area contributed by atoms with E-state index in [4.69, 9.17) is 14.6 Å². The van der Waals surface area contributed by atoms with Crippen LogP contribution in [0.15, 0.2) is 59.9 Å². The summed E-state index contributed by atoms with van der Waals surface area (Å²) < 4.78 is 40.4. The molecule has 11 heteroatoms. The Hall–Kier alpha value is -3.86. The second kappa shape index (κ2) is 8.66. The highest BCUT2D eigenvalue weighted by molar-refractivity contribution is 7.92. The topological polar surface area (TPSA) is 133 Å². The molecule has 3 rings (SSSR count). The zero-order valence-corrected chi connectivity index (χ0v) is 16.8. The number of carboxylic acids is 1. The van der Waals surface area contributed by atoms with Gasteiger partial charge in [0.15, 0.2) is 17.3 Å². The predicted octanol–water partition coefficient (Wildman–Crippen LogP) is 2.18. The molecule has 0 aliphatic heterocycles. The van der Waals surface area contributed by atoms with E-state index < -0.39 is 16.0 Å². The van der Waals surface area contributed by atoms with Crippen LogP contribution in [0.25, 0.3) is 11.9 Å². The van der Waals surface area contributed by atoms with Crippen molar-refractivity contribution in [3.05, 3.63) is 60.6 Å². The van der Waals surface area contributed by atoms with Gasteiger partial charge in [-0.15, -0.1) is 0 Å². The minimum atomic E-state index is -4.12. The lowest BCUT2D eigenvalue weighted by atomic mass is 10.2. The average molecular weight is 430 g/mol. The van der Waals surface area contributed by atoms with Crippen molar-refractivity contribution in [3.8, 4) is 17.3 Å². The Morgan fingerprint density at radius 3 is 2.60 bits per heavy atom. The number of anilines is 1. The number of aliphatic carboxylic acids is 1. The summed E-state index contributed by atoms with van der Waals surface area (Å²) in [6, 6.07) is 7.64. The number of carboxylic acid groups (broad SMARTS) is 1. The van der Waals surface area contributed by atoms with Crippen LogP contribution < -0.4 is 14.2 Å². The lowest BCUT2D eigenvalue weighted by molar-refractivity contribution is -0.131. The second-order valence-corrected chi connectivity index (χ2v) is 7.54. The summed E-state index contributed by atoms with van der Waals surface area (Å²) >= 11 is 0. The predicted molar refractivity (Wildman–Crippen MR) is 108 cm³/mol. The van der Waals surface area contributed by atoms with Gasteiger partial charge in [-0.3, -0.25) is 4.72 Å². The molecule has 0 amide bonds. The molecule has 2 aromatic heterocycles. The summed E-state index contributed by atoms with van der Waals surface area (Å²) in [5, 5.41) is 12.9. The third kappa shape index (κ3) is 4.58. The second-order valence-electron chi connectivity index (χ2n) is 5.89. The van der Waals surface area contributed by atoms with Gasteiger partial charge in [0.2, 0.25) is 0 Å². The Kier molecular flexibility index (Phi) is 6.02. The average Bonchev–Trinajstić information content (AvgIpc) is 3.26. The molecule has 30 heavy (non-hydrogen) atoms. The van der Waals surface area contributed by atoms with Crippen molar-refractivity contribution in [3.63, 3.8) is 0 Å². The number of benzene rings is 1. The number of carbonyl (C=O) groups is 1. The van der Waals surface area contributed by atoms with E-state index >= 15 is 0 Å². The third-order valence-corrected chi connectivity index (χ3v) is 5.30. The molecular formula is C19H18N4O6S. The molecule has 0 saturated heterocycles. The molecule has 10 nitrogen and oxygen atoms in total. The van der Waals surface area contributed by atoms with Crippen molar-refractivity contribution in [1.82, 2.24) is 14.8 Å². The molecule has 0 aliphatic rings. The van der Waals surface area contributed by atoms with E-state index in [0.717, 1.165) is 6.08 Å². The Morgan fingerprint density at radius 2 is 2.03 bits per heavy atom. The van der Waals surface area contributed by atoms with E-state index in [9.17, 15) is 13.2 Å². The minimum Gasteiger partial charge on any atom is -0.493 e. The van der Waals surface area contributed by atoms with Gasteiger partial charge in [0.1, 0.15) is 4.90 Å². The summed E-state index contributed by atoms with van der Waals surface area (Å²) in [5.41, 5.74) is 0.529. The Labute approximate surface area is 172 Å². The van der Waals surface area contributed by atoms with Crippen molar-refractivity contribution in [2.24, 2.45) is 0 Å². The highest BCUT2D eigenvalue weighted by Crippen LogP contribution is 2.36. The van der Waals surface area contributed by atoms with E-state index in [1.807, 2.05) is 0 Å². The first-order valence-electron chi connectivity index (χ1n) is 8.50. The van der Waals surface area contributed by atoms with Crippen LogP contribution in [0.2, 0.25) is 0 Å². The fourth-order valence-electron chi connectivity index (χ4n) is 2.61. The highest BCUT2D eigenvalue weighted by Gasteiger charge is 2.24. The van der Waals surface area contributed by atoms with Gasteiger partial charge in [-0.1, -0.05) is 0 Å². The van der Waals surface area contributed by atoms with Crippen molar-refractivity contribution < 1.29 is 27.8 Å². The molecule has 2 heterocycles. The number of methoxy groups -OCH3 is 2. The van der Waals surface area contributed by atoms with Crippen LogP contribution in [0.5, 0.6) is 11.5 Å². The first-order valence-corrected chi connectivity index (χ1v) is 9.98. The van der Waals surface area contributed by atoms with Gasteiger partial charge < -0.3 is 14.6 Å². The van der Waals surface area contributed by atoms with Crippen LogP contribution >= 0.6 is 0 Å². The Balaban J connectivity index is 1.97. The number of pyridine rings is 1. The Bertz CT molecular complexity index is 1170. The monoisotopic (exact) mass is 430 g/mol. The smallest absolute Gasteiger partial charge is 0.328 e. The van der Waals surface area contributed by atoms with E-state index in [0.29, 0.717) is 11.4 Å². The quantitative estimate of drug-likeness (QED) is 0.520. The van der Waals surface area contributed by atoms with Gasteiger partial charge in [0.05, 0.1) is 26.1 Å². The van der Waals surface area contributed by atoms with Crippen molar-refractivity contribution in [2.45, 2.75) is 4.90 Å². The van der Waals surface area contributed by atoms with Crippen LogP contribution in [0.4, 0.5) is 5.69 Å². The summed E-state index contributed by atoms with van der Waals surface area (Å²) in [6.45, 7) is 0. The van der Waals surface area contributed by atoms with Crippen LogP contribution in [0.3, 0.4) is 0 Å². The lowest BCUT2D eigenvalue weighted by Gasteiger charge is -2.15. The number of nitrogens with zero attached hydrogens (tertiary/aromatic N) is 3. The zero-order chi connectivity index (χ0) is 21.7. The van der Waals surface area contributed by atoms with Crippen molar-refractivity contribution >= 4 is 27.8 Å². The highest BCUT2D eigenvalue weighted by atomic mass is 32.2. The Morgan fingerprint density at radius 1 is 1.23 bits per heavy atom. The molecule has 0 atom stereocenters. The minimum absolute atomic E-state index is 0.0152. The van der Waals surface area contributed by atoms with Crippen molar-refractivity contribution in [1.29, 1.82) is 0 Å². The molecule has 0 fully saturated rings. The largest absolute Gasteiger partial charge is 0.493 e. The maximum absolute atomic E-state index is 13.0. The lowest BCUT2D eigenvalue weighted by Crippen LogP contribution is -2.15. The van der Waals surface area contributed by atoms with Gasteiger partial charge in [0, 0.05) is 18.5 Å². The van der Waals surface area contributed by atoms with Crippen LogP contribution in [0.1, 0.15) is 5.56 Å². The molecule has 0 saturated carbocycles. The number of nitrogens with one attached hydrogen (secondary N) is 1. The van der Waals surface area contributed by atoms with Crippen LogP contribution in [-0.4, -0.2) is 48.5 Å². The molecular weight excluding hydrogens is 412 g/mol. The SMILES string of the molecule is COc1cc(C=CC(=O)O)cc(S(=O)(=O)Nc2ccc(-n3cccn3)nc2)c1OC. The summed E-state index contributed by atoms with van der Waals surface area (Å²) in [4.78, 5) is 14.8. The number of sulfonamides is 1. The van der Waals surface area contributed by atoms with Gasteiger partial charge in [0.25, 0.3) is 10.0 Å². The molecule has 156 valence electrons.